The van der Waals surface area contributed by atoms with Gasteiger partial charge in [-0.05, 0) is 32.1 Å². The summed E-state index contributed by atoms with van der Waals surface area (Å²) in [6.45, 7) is 4.41. The number of hydrogen-bond donors (Lipinski definition) is 1. The van der Waals surface area contributed by atoms with Crippen LogP contribution in [0.5, 0.6) is 0 Å². The predicted octanol–water partition coefficient (Wildman–Crippen LogP) is 1.55. The minimum absolute atomic E-state index is 0.464. The summed E-state index contributed by atoms with van der Waals surface area (Å²) < 4.78 is 5.68. The minimum Gasteiger partial charge on any atom is -0.377 e. The normalized spacial score (nSPS) is 30.4. The Labute approximate surface area is 86.8 Å². The van der Waals surface area contributed by atoms with Crippen molar-refractivity contribution >= 4 is 0 Å². The van der Waals surface area contributed by atoms with Crippen LogP contribution in [0.2, 0.25) is 0 Å². The lowest BCUT2D eigenvalue weighted by molar-refractivity contribution is 0.000779. The van der Waals surface area contributed by atoms with Crippen molar-refractivity contribution in [1.82, 2.24) is 10.4 Å². The number of nitrogens with zero attached hydrogens (tertiary/aromatic N) is 1. The molecule has 3 nitrogen and oxygen atoms in total. The number of nitrogens with one attached hydrogen (secondary N) is 1. The standard InChI is InChI=1S/C11H22N2O/c1-3-7-13(8-4-1)12-10-11-6-2-5-9-14-11/h11-12H,1-10H2. The van der Waals surface area contributed by atoms with Crippen molar-refractivity contribution < 1.29 is 4.74 Å². The Morgan fingerprint density at radius 1 is 1.07 bits per heavy atom. The van der Waals surface area contributed by atoms with E-state index in [1.54, 1.807) is 0 Å². The highest BCUT2D eigenvalue weighted by molar-refractivity contribution is 4.67. The van der Waals surface area contributed by atoms with E-state index in [0.717, 1.165) is 13.2 Å². The van der Waals surface area contributed by atoms with Gasteiger partial charge in [0, 0.05) is 26.2 Å². The summed E-state index contributed by atoms with van der Waals surface area (Å²) in [7, 11) is 0. The first-order valence-corrected chi connectivity index (χ1v) is 6.05. The molecule has 2 aliphatic heterocycles. The summed E-state index contributed by atoms with van der Waals surface area (Å²) in [5, 5.41) is 2.36. The first-order valence-electron chi connectivity index (χ1n) is 6.05. The topological polar surface area (TPSA) is 24.5 Å². The molecule has 2 aliphatic rings. The second-order valence-corrected chi connectivity index (χ2v) is 4.40. The van der Waals surface area contributed by atoms with Crippen LogP contribution < -0.4 is 5.43 Å². The highest BCUT2D eigenvalue weighted by atomic mass is 16.5. The van der Waals surface area contributed by atoms with Gasteiger partial charge in [0.15, 0.2) is 0 Å². The van der Waals surface area contributed by atoms with Crippen LogP contribution in [0.25, 0.3) is 0 Å². The molecule has 0 aliphatic carbocycles. The molecule has 2 heterocycles. The van der Waals surface area contributed by atoms with Gasteiger partial charge in [-0.15, -0.1) is 0 Å². The molecule has 0 aromatic heterocycles. The molecule has 82 valence electrons. The predicted molar refractivity (Wildman–Crippen MR) is 57.0 cm³/mol. The van der Waals surface area contributed by atoms with Crippen LogP contribution in [0.4, 0.5) is 0 Å². The van der Waals surface area contributed by atoms with Gasteiger partial charge in [0.2, 0.25) is 0 Å². The van der Waals surface area contributed by atoms with Gasteiger partial charge in [-0.25, -0.2) is 5.01 Å². The molecular formula is C11H22N2O. The molecule has 2 fully saturated rings. The van der Waals surface area contributed by atoms with Gasteiger partial charge in [0.1, 0.15) is 0 Å². The molecule has 0 bridgehead atoms. The summed E-state index contributed by atoms with van der Waals surface area (Å²) in [6.07, 6.45) is 8.38. The number of hydrazine groups is 1. The molecule has 0 amide bonds. The average Bonchev–Trinajstić information content (AvgIpc) is 2.29. The molecule has 0 aromatic rings. The highest BCUT2D eigenvalue weighted by Gasteiger charge is 2.15. The van der Waals surface area contributed by atoms with E-state index >= 15 is 0 Å². The van der Waals surface area contributed by atoms with Gasteiger partial charge >= 0.3 is 0 Å². The number of ether oxygens (including phenoxy) is 1. The molecular weight excluding hydrogens is 176 g/mol. The monoisotopic (exact) mass is 198 g/mol. The summed E-state index contributed by atoms with van der Waals surface area (Å²) >= 11 is 0. The maximum Gasteiger partial charge on any atom is 0.0713 e. The fourth-order valence-corrected chi connectivity index (χ4v) is 2.25. The van der Waals surface area contributed by atoms with Gasteiger partial charge in [0.05, 0.1) is 6.10 Å². The zero-order chi connectivity index (χ0) is 9.64. The van der Waals surface area contributed by atoms with Crippen LogP contribution >= 0.6 is 0 Å². The molecule has 1 atom stereocenters. The Kier molecular flexibility index (Phi) is 4.22. The average molecular weight is 198 g/mol. The SMILES string of the molecule is C1CCN(NCC2CCCCO2)CC1. The Bertz CT molecular complexity index is 133. The van der Waals surface area contributed by atoms with E-state index in [-0.39, 0.29) is 0 Å². The van der Waals surface area contributed by atoms with Gasteiger partial charge in [-0.2, -0.15) is 0 Å². The molecule has 14 heavy (non-hydrogen) atoms. The first kappa shape index (κ1) is 10.4. The van der Waals surface area contributed by atoms with E-state index in [4.69, 9.17) is 4.74 Å². The zero-order valence-electron chi connectivity index (χ0n) is 9.00. The van der Waals surface area contributed by atoms with Crippen LogP contribution in [0, 0.1) is 0 Å². The minimum atomic E-state index is 0.464. The molecule has 1 N–H and O–H groups in total. The van der Waals surface area contributed by atoms with Crippen LogP contribution in [-0.4, -0.2) is 37.4 Å². The third-order valence-electron chi connectivity index (χ3n) is 3.17. The van der Waals surface area contributed by atoms with E-state index in [9.17, 15) is 0 Å². The lowest BCUT2D eigenvalue weighted by Crippen LogP contribution is -2.45. The van der Waals surface area contributed by atoms with Gasteiger partial charge in [-0.1, -0.05) is 6.42 Å². The zero-order valence-corrected chi connectivity index (χ0v) is 9.00. The summed E-state index contributed by atoms with van der Waals surface area (Å²) in [6, 6.07) is 0. The molecule has 0 radical (unpaired) electrons. The van der Waals surface area contributed by atoms with Crippen LogP contribution in [-0.2, 0) is 4.74 Å². The fourth-order valence-electron chi connectivity index (χ4n) is 2.25. The Balaban J connectivity index is 1.60. The Morgan fingerprint density at radius 2 is 1.93 bits per heavy atom. The van der Waals surface area contributed by atoms with E-state index in [0.29, 0.717) is 6.10 Å². The lowest BCUT2D eigenvalue weighted by Gasteiger charge is -2.30. The first-order chi connectivity index (χ1) is 6.95. The Hall–Kier alpha value is -0.120. The van der Waals surface area contributed by atoms with Crippen molar-refractivity contribution in [3.63, 3.8) is 0 Å². The van der Waals surface area contributed by atoms with Crippen LogP contribution in [0.3, 0.4) is 0 Å². The largest absolute Gasteiger partial charge is 0.377 e. The quantitative estimate of drug-likeness (QED) is 0.744. The maximum atomic E-state index is 5.68. The fraction of sp³-hybridized carbons (Fsp3) is 1.00. The van der Waals surface area contributed by atoms with E-state index in [1.807, 2.05) is 0 Å². The summed E-state index contributed by atoms with van der Waals surface area (Å²) in [5.74, 6) is 0. The summed E-state index contributed by atoms with van der Waals surface area (Å²) in [5.41, 5.74) is 3.50. The number of rotatable bonds is 3. The molecule has 0 saturated carbocycles. The summed E-state index contributed by atoms with van der Waals surface area (Å²) in [4.78, 5) is 0. The highest BCUT2D eigenvalue weighted by Crippen LogP contribution is 2.12. The van der Waals surface area contributed by atoms with E-state index in [1.165, 1.54) is 51.6 Å². The molecule has 0 spiro atoms. The van der Waals surface area contributed by atoms with Crippen LogP contribution in [0.1, 0.15) is 38.5 Å². The molecule has 2 rings (SSSR count). The number of piperidine rings is 1. The molecule has 1 unspecified atom stereocenters. The van der Waals surface area contributed by atoms with E-state index in [2.05, 4.69) is 10.4 Å². The molecule has 2 saturated heterocycles. The van der Waals surface area contributed by atoms with Crippen molar-refractivity contribution in [2.75, 3.05) is 26.2 Å². The van der Waals surface area contributed by atoms with Crippen molar-refractivity contribution in [2.45, 2.75) is 44.6 Å². The number of hydrogen-bond acceptors (Lipinski definition) is 3. The second kappa shape index (κ2) is 5.69. The third kappa shape index (κ3) is 3.23. The van der Waals surface area contributed by atoms with Crippen LogP contribution in [0.15, 0.2) is 0 Å². The van der Waals surface area contributed by atoms with Crippen molar-refractivity contribution in [3.05, 3.63) is 0 Å². The van der Waals surface area contributed by atoms with Gasteiger partial charge < -0.3 is 4.74 Å². The van der Waals surface area contributed by atoms with Crippen molar-refractivity contribution in [1.29, 1.82) is 0 Å². The second-order valence-electron chi connectivity index (χ2n) is 4.40. The Morgan fingerprint density at radius 3 is 2.64 bits per heavy atom. The third-order valence-corrected chi connectivity index (χ3v) is 3.17. The van der Waals surface area contributed by atoms with Gasteiger partial charge in [0.25, 0.3) is 0 Å². The molecule has 3 heteroatoms. The van der Waals surface area contributed by atoms with Crippen molar-refractivity contribution in [3.8, 4) is 0 Å². The molecule has 0 aromatic carbocycles. The van der Waals surface area contributed by atoms with Gasteiger partial charge in [-0.3, -0.25) is 5.43 Å². The smallest absolute Gasteiger partial charge is 0.0713 e. The van der Waals surface area contributed by atoms with E-state index < -0.39 is 0 Å². The lowest BCUT2D eigenvalue weighted by atomic mass is 10.1. The maximum absolute atomic E-state index is 5.68. The van der Waals surface area contributed by atoms with Crippen molar-refractivity contribution in [2.24, 2.45) is 0 Å².